The van der Waals surface area contributed by atoms with Crippen LogP contribution in [0.3, 0.4) is 0 Å². The number of esters is 1. The van der Waals surface area contributed by atoms with Crippen molar-refractivity contribution in [1.82, 2.24) is 0 Å². The first-order valence-corrected chi connectivity index (χ1v) is 7.91. The van der Waals surface area contributed by atoms with Crippen LogP contribution < -0.4 is 14.4 Å². The van der Waals surface area contributed by atoms with E-state index >= 15 is 0 Å². The van der Waals surface area contributed by atoms with Crippen molar-refractivity contribution in [3.05, 3.63) is 53.6 Å². The second kappa shape index (κ2) is 7.25. The molecule has 0 saturated heterocycles. The molecule has 25 heavy (non-hydrogen) atoms. The standard InChI is InChI=1S/C19H19NO5/c1-23-14-7-8-15(19(22)24-2)17(11-14)25-12-18(21)20-10-9-13-5-3-4-6-16(13)20/h3-8,11H,9-10,12H2,1-2H3. The molecule has 6 heteroatoms. The molecule has 2 aromatic carbocycles. The summed E-state index contributed by atoms with van der Waals surface area (Å²) in [5.74, 6) is 0.0915. The molecule has 0 saturated carbocycles. The maximum Gasteiger partial charge on any atom is 0.341 e. The maximum absolute atomic E-state index is 12.5. The van der Waals surface area contributed by atoms with E-state index in [0.717, 1.165) is 17.7 Å². The van der Waals surface area contributed by atoms with Gasteiger partial charge in [-0.1, -0.05) is 18.2 Å². The van der Waals surface area contributed by atoms with E-state index in [1.54, 1.807) is 23.1 Å². The molecule has 0 N–H and O–H groups in total. The molecule has 2 aromatic rings. The van der Waals surface area contributed by atoms with Gasteiger partial charge in [-0.15, -0.1) is 0 Å². The number of hydrogen-bond donors (Lipinski definition) is 0. The van der Waals surface area contributed by atoms with Gasteiger partial charge in [-0.25, -0.2) is 4.79 Å². The van der Waals surface area contributed by atoms with Crippen molar-refractivity contribution in [2.45, 2.75) is 6.42 Å². The summed E-state index contributed by atoms with van der Waals surface area (Å²) in [7, 11) is 2.81. The number of para-hydroxylation sites is 1. The number of hydrogen-bond acceptors (Lipinski definition) is 5. The second-order valence-electron chi connectivity index (χ2n) is 5.57. The van der Waals surface area contributed by atoms with Crippen LogP contribution in [0, 0.1) is 0 Å². The van der Waals surface area contributed by atoms with Crippen molar-refractivity contribution in [1.29, 1.82) is 0 Å². The normalized spacial score (nSPS) is 12.5. The summed E-state index contributed by atoms with van der Waals surface area (Å²) in [4.78, 5) is 26.1. The minimum absolute atomic E-state index is 0.163. The summed E-state index contributed by atoms with van der Waals surface area (Å²) < 4.78 is 15.5. The van der Waals surface area contributed by atoms with Gasteiger partial charge in [0.1, 0.15) is 17.1 Å². The van der Waals surface area contributed by atoms with E-state index in [4.69, 9.17) is 14.2 Å². The molecule has 3 rings (SSSR count). The first-order chi connectivity index (χ1) is 12.1. The topological polar surface area (TPSA) is 65.1 Å². The first-order valence-electron chi connectivity index (χ1n) is 7.91. The molecule has 130 valence electrons. The molecule has 1 amide bonds. The number of benzene rings is 2. The van der Waals surface area contributed by atoms with Gasteiger partial charge in [0.25, 0.3) is 5.91 Å². The van der Waals surface area contributed by atoms with Crippen molar-refractivity contribution >= 4 is 17.6 Å². The van der Waals surface area contributed by atoms with Crippen molar-refractivity contribution in [3.63, 3.8) is 0 Å². The summed E-state index contributed by atoms with van der Waals surface area (Å²) in [6.07, 6.45) is 0.828. The number of amides is 1. The lowest BCUT2D eigenvalue weighted by Crippen LogP contribution is -2.33. The Morgan fingerprint density at radius 1 is 1.12 bits per heavy atom. The largest absolute Gasteiger partial charge is 0.497 e. The number of carbonyl (C=O) groups excluding carboxylic acids is 2. The third-order valence-electron chi connectivity index (χ3n) is 4.13. The van der Waals surface area contributed by atoms with Crippen LogP contribution in [0.1, 0.15) is 15.9 Å². The van der Waals surface area contributed by atoms with Gasteiger partial charge in [-0.2, -0.15) is 0 Å². The van der Waals surface area contributed by atoms with Crippen LogP contribution in [0.25, 0.3) is 0 Å². The molecule has 1 aliphatic rings. The average Bonchev–Trinajstić information content (AvgIpc) is 3.09. The Kier molecular flexibility index (Phi) is 4.88. The van der Waals surface area contributed by atoms with Gasteiger partial charge >= 0.3 is 5.97 Å². The first kappa shape index (κ1) is 16.8. The van der Waals surface area contributed by atoms with Gasteiger partial charge in [0.05, 0.1) is 14.2 Å². The number of rotatable bonds is 5. The summed E-state index contributed by atoms with van der Waals surface area (Å²) >= 11 is 0. The minimum atomic E-state index is -0.531. The van der Waals surface area contributed by atoms with E-state index in [-0.39, 0.29) is 23.8 Å². The predicted octanol–water partition coefficient (Wildman–Crippen LogP) is 2.45. The number of ether oxygens (including phenoxy) is 3. The monoisotopic (exact) mass is 341 g/mol. The van der Waals surface area contributed by atoms with Crippen LogP contribution in [-0.4, -0.2) is 39.2 Å². The number of carbonyl (C=O) groups is 2. The number of fused-ring (bicyclic) bond motifs is 1. The van der Waals surface area contributed by atoms with E-state index in [1.165, 1.54) is 14.2 Å². The highest BCUT2D eigenvalue weighted by Crippen LogP contribution is 2.29. The zero-order valence-electron chi connectivity index (χ0n) is 14.2. The highest BCUT2D eigenvalue weighted by Gasteiger charge is 2.25. The van der Waals surface area contributed by atoms with Gasteiger partial charge in [0.15, 0.2) is 6.61 Å². The van der Waals surface area contributed by atoms with Crippen LogP contribution in [0.2, 0.25) is 0 Å². The smallest absolute Gasteiger partial charge is 0.341 e. The molecular formula is C19H19NO5. The average molecular weight is 341 g/mol. The van der Waals surface area contributed by atoms with E-state index < -0.39 is 5.97 Å². The van der Waals surface area contributed by atoms with Crippen LogP contribution in [0.4, 0.5) is 5.69 Å². The minimum Gasteiger partial charge on any atom is -0.497 e. The van der Waals surface area contributed by atoms with Crippen LogP contribution in [-0.2, 0) is 16.0 Å². The fourth-order valence-corrected chi connectivity index (χ4v) is 2.84. The lowest BCUT2D eigenvalue weighted by molar-refractivity contribution is -0.120. The molecule has 6 nitrogen and oxygen atoms in total. The lowest BCUT2D eigenvalue weighted by Gasteiger charge is -2.18. The van der Waals surface area contributed by atoms with Gasteiger partial charge in [0, 0.05) is 18.3 Å². The van der Waals surface area contributed by atoms with Gasteiger partial charge in [-0.3, -0.25) is 4.79 Å². The van der Waals surface area contributed by atoms with Gasteiger partial charge < -0.3 is 19.1 Å². The van der Waals surface area contributed by atoms with Crippen molar-refractivity contribution in [3.8, 4) is 11.5 Å². The SMILES string of the molecule is COC(=O)c1ccc(OC)cc1OCC(=O)N1CCc2ccccc21. The Morgan fingerprint density at radius 3 is 2.68 bits per heavy atom. The Morgan fingerprint density at radius 2 is 1.92 bits per heavy atom. The highest BCUT2D eigenvalue weighted by molar-refractivity contribution is 5.97. The molecule has 1 aliphatic heterocycles. The summed E-state index contributed by atoms with van der Waals surface area (Å²) in [6, 6.07) is 12.6. The molecule has 0 fully saturated rings. The zero-order chi connectivity index (χ0) is 17.8. The summed E-state index contributed by atoms with van der Waals surface area (Å²) in [5.41, 5.74) is 2.31. The highest BCUT2D eigenvalue weighted by atomic mass is 16.5. The second-order valence-corrected chi connectivity index (χ2v) is 5.57. The molecule has 0 atom stereocenters. The molecular weight excluding hydrogens is 322 g/mol. The molecule has 1 heterocycles. The summed E-state index contributed by atoms with van der Waals surface area (Å²) in [6.45, 7) is 0.453. The third-order valence-corrected chi connectivity index (χ3v) is 4.13. The molecule has 0 bridgehead atoms. The third kappa shape index (κ3) is 3.42. The van der Waals surface area contributed by atoms with Crippen LogP contribution >= 0.6 is 0 Å². The molecule has 0 aliphatic carbocycles. The fourth-order valence-electron chi connectivity index (χ4n) is 2.84. The van der Waals surface area contributed by atoms with E-state index in [0.29, 0.717) is 12.3 Å². The van der Waals surface area contributed by atoms with Crippen LogP contribution in [0.5, 0.6) is 11.5 Å². The molecule has 0 radical (unpaired) electrons. The van der Waals surface area contributed by atoms with Crippen molar-refractivity contribution < 1.29 is 23.8 Å². The molecule has 0 unspecified atom stereocenters. The summed E-state index contributed by atoms with van der Waals surface area (Å²) in [5, 5.41) is 0. The van der Waals surface area contributed by atoms with Crippen molar-refractivity contribution in [2.24, 2.45) is 0 Å². The Bertz CT molecular complexity index is 802. The predicted molar refractivity (Wildman–Crippen MR) is 92.3 cm³/mol. The van der Waals surface area contributed by atoms with Gasteiger partial charge in [-0.05, 0) is 30.2 Å². The maximum atomic E-state index is 12.5. The van der Waals surface area contributed by atoms with Crippen molar-refractivity contribution in [2.75, 3.05) is 32.3 Å². The number of anilines is 1. The fraction of sp³-hybridized carbons (Fsp3) is 0.263. The van der Waals surface area contributed by atoms with Crippen LogP contribution in [0.15, 0.2) is 42.5 Å². The number of methoxy groups -OCH3 is 2. The van der Waals surface area contributed by atoms with E-state index in [2.05, 4.69) is 0 Å². The lowest BCUT2D eigenvalue weighted by atomic mass is 10.2. The molecule has 0 aromatic heterocycles. The zero-order valence-corrected chi connectivity index (χ0v) is 14.2. The quantitative estimate of drug-likeness (QED) is 0.782. The van der Waals surface area contributed by atoms with E-state index in [9.17, 15) is 9.59 Å². The Labute approximate surface area is 145 Å². The van der Waals surface area contributed by atoms with E-state index in [1.807, 2.05) is 24.3 Å². The number of nitrogens with zero attached hydrogens (tertiary/aromatic N) is 1. The Hall–Kier alpha value is -3.02. The Balaban J connectivity index is 1.75. The van der Waals surface area contributed by atoms with Gasteiger partial charge in [0.2, 0.25) is 0 Å². The molecule has 0 spiro atoms.